The lowest BCUT2D eigenvalue weighted by Crippen LogP contribution is -3.00. The van der Waals surface area contributed by atoms with E-state index in [-0.39, 0.29) is 18.3 Å². The second-order valence-electron chi connectivity index (χ2n) is 6.62. The minimum Gasteiger partial charge on any atom is -1.00 e. The van der Waals surface area contributed by atoms with Gasteiger partial charge in [0.25, 0.3) is 5.91 Å². The smallest absolute Gasteiger partial charge is 0.255 e. The Morgan fingerprint density at radius 2 is 1.73 bits per heavy atom. The number of anilines is 1. The van der Waals surface area contributed by atoms with Crippen LogP contribution in [0.3, 0.4) is 0 Å². The van der Waals surface area contributed by atoms with Crippen LogP contribution in [0.2, 0.25) is 10.0 Å². The number of amides is 1. The summed E-state index contributed by atoms with van der Waals surface area (Å²) in [6.07, 6.45) is 0. The number of ether oxygens (including phenoxy) is 1. The van der Waals surface area contributed by atoms with Crippen LogP contribution >= 0.6 is 23.2 Å². The molecule has 1 N–H and O–H groups in total. The normalized spacial score (nSPS) is 15.8. The summed E-state index contributed by atoms with van der Waals surface area (Å²) in [4.78, 5) is 12.3. The van der Waals surface area contributed by atoms with Gasteiger partial charge in [-0.2, -0.15) is 0 Å². The molecule has 0 bridgehead atoms. The molecule has 1 heterocycles. The summed E-state index contributed by atoms with van der Waals surface area (Å²) in [5.41, 5.74) is 2.48. The van der Waals surface area contributed by atoms with Crippen molar-refractivity contribution in [3.05, 3.63) is 63.6 Å². The van der Waals surface area contributed by atoms with E-state index in [1.54, 1.807) is 18.2 Å². The fourth-order valence-corrected chi connectivity index (χ4v) is 3.21. The largest absolute Gasteiger partial charge is 1.00 e. The van der Waals surface area contributed by atoms with Crippen LogP contribution < -0.4 is 17.7 Å². The first-order chi connectivity index (χ1) is 12.0. The van der Waals surface area contributed by atoms with Gasteiger partial charge < -0.3 is 26.9 Å². The van der Waals surface area contributed by atoms with Crippen molar-refractivity contribution in [3.8, 4) is 0 Å². The van der Waals surface area contributed by atoms with E-state index in [1.165, 1.54) is 5.56 Å². The Labute approximate surface area is 170 Å². The monoisotopic (exact) mass is 414 g/mol. The minimum atomic E-state index is -0.210. The van der Waals surface area contributed by atoms with Gasteiger partial charge in [-0.25, -0.2) is 0 Å². The number of morpholine rings is 1. The average molecular weight is 416 g/mol. The predicted octanol–water partition coefficient (Wildman–Crippen LogP) is 1.23. The summed E-state index contributed by atoms with van der Waals surface area (Å²) in [6, 6.07) is 12.8. The lowest BCUT2D eigenvalue weighted by atomic mass is 10.1. The van der Waals surface area contributed by atoms with Gasteiger partial charge in [-0.3, -0.25) is 4.79 Å². The van der Waals surface area contributed by atoms with Crippen LogP contribution in [-0.2, 0) is 11.3 Å². The van der Waals surface area contributed by atoms with Gasteiger partial charge in [0.15, 0.2) is 0 Å². The van der Waals surface area contributed by atoms with Crippen molar-refractivity contribution in [2.75, 3.05) is 38.7 Å². The second-order valence-corrected chi connectivity index (χ2v) is 7.43. The molecule has 0 radical (unpaired) electrons. The molecule has 1 fully saturated rings. The third kappa shape index (κ3) is 5.35. The predicted molar refractivity (Wildman–Crippen MR) is 101 cm³/mol. The summed E-state index contributed by atoms with van der Waals surface area (Å²) in [7, 11) is 2.25. The van der Waals surface area contributed by atoms with Gasteiger partial charge in [0.05, 0.1) is 30.3 Å². The van der Waals surface area contributed by atoms with Gasteiger partial charge in [0.2, 0.25) is 0 Å². The standard InChI is InChI=1S/C19H20Cl2N2O2.ClH/c1-23(8-10-25-11-9-23)13-14-2-5-16(6-3-14)22-19(24)15-4-7-17(20)18(21)12-15;/h2-7,12H,8-11,13H2,1H3;1H. The maximum atomic E-state index is 12.3. The number of nitrogens with zero attached hydrogens (tertiary/aromatic N) is 1. The molecule has 2 aromatic rings. The van der Waals surface area contributed by atoms with Crippen LogP contribution in [-0.4, -0.2) is 43.7 Å². The fraction of sp³-hybridized carbons (Fsp3) is 0.316. The van der Waals surface area contributed by atoms with Crippen LogP contribution in [0, 0.1) is 0 Å². The molecule has 1 saturated heterocycles. The number of rotatable bonds is 4. The van der Waals surface area contributed by atoms with Gasteiger partial charge in [-0.1, -0.05) is 35.3 Å². The highest BCUT2D eigenvalue weighted by Crippen LogP contribution is 2.23. The Morgan fingerprint density at radius 3 is 2.35 bits per heavy atom. The summed E-state index contributed by atoms with van der Waals surface area (Å²) in [6.45, 7) is 4.64. The molecular formula is C19H21Cl3N2O2. The molecule has 0 aliphatic carbocycles. The summed E-state index contributed by atoms with van der Waals surface area (Å²) >= 11 is 11.8. The third-order valence-corrected chi connectivity index (χ3v) is 5.25. The number of hydrogen-bond acceptors (Lipinski definition) is 2. The van der Waals surface area contributed by atoms with Crippen LogP contribution in [0.5, 0.6) is 0 Å². The van der Waals surface area contributed by atoms with Gasteiger partial charge in [-0.15, -0.1) is 0 Å². The second kappa shape index (κ2) is 9.07. The Morgan fingerprint density at radius 1 is 1.08 bits per heavy atom. The number of benzene rings is 2. The molecule has 1 amide bonds. The summed E-state index contributed by atoms with van der Waals surface area (Å²) < 4.78 is 6.42. The van der Waals surface area contributed by atoms with Gasteiger partial charge in [-0.05, 0) is 30.3 Å². The fourth-order valence-electron chi connectivity index (χ4n) is 2.92. The number of nitrogens with one attached hydrogen (secondary N) is 1. The number of hydrogen-bond donors (Lipinski definition) is 1. The van der Waals surface area contributed by atoms with E-state index in [2.05, 4.69) is 24.5 Å². The topological polar surface area (TPSA) is 38.3 Å². The number of carbonyl (C=O) groups excluding carboxylic acids is 1. The van der Waals surface area contributed by atoms with Crippen molar-refractivity contribution in [1.82, 2.24) is 0 Å². The first kappa shape index (κ1) is 21.0. The highest BCUT2D eigenvalue weighted by atomic mass is 35.5. The molecule has 0 aromatic heterocycles. The van der Waals surface area contributed by atoms with Crippen molar-refractivity contribution < 1.29 is 26.4 Å². The van der Waals surface area contributed by atoms with E-state index in [9.17, 15) is 4.79 Å². The molecule has 3 rings (SSSR count). The first-order valence-electron chi connectivity index (χ1n) is 8.22. The zero-order valence-corrected chi connectivity index (χ0v) is 16.7. The number of likely N-dealkylation sites (N-methyl/N-ethyl adjacent to an activating group) is 1. The van der Waals surface area contributed by atoms with Crippen molar-refractivity contribution in [3.63, 3.8) is 0 Å². The third-order valence-electron chi connectivity index (χ3n) is 4.51. The van der Waals surface area contributed by atoms with Crippen molar-refractivity contribution in [1.29, 1.82) is 0 Å². The molecule has 1 aliphatic rings. The molecule has 26 heavy (non-hydrogen) atoms. The van der Waals surface area contributed by atoms with E-state index >= 15 is 0 Å². The Balaban J connectivity index is 0.00000243. The van der Waals surface area contributed by atoms with E-state index in [0.29, 0.717) is 15.6 Å². The quantitative estimate of drug-likeness (QED) is 0.763. The lowest BCUT2D eigenvalue weighted by molar-refractivity contribution is -0.929. The molecule has 0 unspecified atom stereocenters. The van der Waals surface area contributed by atoms with Crippen molar-refractivity contribution in [2.24, 2.45) is 0 Å². The Bertz CT molecular complexity index is 760. The maximum absolute atomic E-state index is 12.3. The molecular weight excluding hydrogens is 395 g/mol. The SMILES string of the molecule is C[N+]1(Cc2ccc(NC(=O)c3ccc(Cl)c(Cl)c3)cc2)CCOCC1.[Cl-]. The number of carbonyl (C=O) groups is 1. The average Bonchev–Trinajstić information content (AvgIpc) is 2.59. The van der Waals surface area contributed by atoms with Crippen LogP contribution in [0.1, 0.15) is 15.9 Å². The molecule has 0 saturated carbocycles. The maximum Gasteiger partial charge on any atom is 0.255 e. The van der Waals surface area contributed by atoms with Crippen molar-refractivity contribution in [2.45, 2.75) is 6.54 Å². The highest BCUT2D eigenvalue weighted by molar-refractivity contribution is 6.42. The van der Waals surface area contributed by atoms with Gasteiger partial charge >= 0.3 is 0 Å². The van der Waals surface area contributed by atoms with Crippen LogP contribution in [0.25, 0.3) is 0 Å². The zero-order valence-electron chi connectivity index (χ0n) is 14.5. The molecule has 2 aromatic carbocycles. The van der Waals surface area contributed by atoms with Gasteiger partial charge in [0, 0.05) is 16.8 Å². The summed E-state index contributed by atoms with van der Waals surface area (Å²) in [5, 5.41) is 3.68. The number of quaternary nitrogens is 1. The molecule has 7 heteroatoms. The van der Waals surface area contributed by atoms with Crippen molar-refractivity contribution >= 4 is 34.8 Å². The van der Waals surface area contributed by atoms with E-state index in [4.69, 9.17) is 27.9 Å². The minimum absolute atomic E-state index is 0. The molecule has 0 atom stereocenters. The van der Waals surface area contributed by atoms with Crippen LogP contribution in [0.15, 0.2) is 42.5 Å². The molecule has 140 valence electrons. The first-order valence-corrected chi connectivity index (χ1v) is 8.97. The Kier molecular flexibility index (Phi) is 7.33. The van der Waals surface area contributed by atoms with E-state index < -0.39 is 0 Å². The van der Waals surface area contributed by atoms with E-state index in [1.807, 2.05) is 12.1 Å². The van der Waals surface area contributed by atoms with Crippen LogP contribution in [0.4, 0.5) is 5.69 Å². The lowest BCUT2D eigenvalue weighted by Gasteiger charge is -2.37. The number of halogens is 3. The highest BCUT2D eigenvalue weighted by Gasteiger charge is 2.25. The molecule has 0 spiro atoms. The Hall–Kier alpha value is -1.30. The van der Waals surface area contributed by atoms with Gasteiger partial charge in [0.1, 0.15) is 19.6 Å². The zero-order chi connectivity index (χ0) is 17.9. The molecule has 1 aliphatic heterocycles. The summed E-state index contributed by atoms with van der Waals surface area (Å²) in [5.74, 6) is -0.210. The van der Waals surface area contributed by atoms with E-state index in [0.717, 1.165) is 43.0 Å². The molecule has 4 nitrogen and oxygen atoms in total.